The van der Waals surface area contributed by atoms with Gasteiger partial charge >= 0.3 is 0 Å². The summed E-state index contributed by atoms with van der Waals surface area (Å²) < 4.78 is 5.60. The second kappa shape index (κ2) is 6.90. The van der Waals surface area contributed by atoms with Crippen LogP contribution in [0.1, 0.15) is 38.1 Å². The summed E-state index contributed by atoms with van der Waals surface area (Å²) in [7, 11) is 0. The molecule has 0 aliphatic carbocycles. The van der Waals surface area contributed by atoms with Gasteiger partial charge in [-0.1, -0.05) is 13.8 Å². The summed E-state index contributed by atoms with van der Waals surface area (Å²) >= 11 is 3.71. The molecule has 1 aliphatic rings. The molecule has 0 N–H and O–H groups in total. The Morgan fingerprint density at radius 3 is 2.40 bits per heavy atom. The summed E-state index contributed by atoms with van der Waals surface area (Å²) in [6.45, 7) is 8.44. The number of benzene rings is 1. The van der Waals surface area contributed by atoms with Gasteiger partial charge in [0.1, 0.15) is 5.75 Å². The smallest absolute Gasteiger partial charge is 0.176 e. The van der Waals surface area contributed by atoms with Crippen LogP contribution in [-0.2, 0) is 0 Å². The third kappa shape index (κ3) is 3.95. The molecule has 1 heterocycles. The Morgan fingerprint density at radius 2 is 1.85 bits per heavy atom. The lowest BCUT2D eigenvalue weighted by Gasteiger charge is -2.30. The minimum Gasteiger partial charge on any atom is -0.491 e. The minimum absolute atomic E-state index is 0.0862. The van der Waals surface area contributed by atoms with Gasteiger partial charge in [0.05, 0.1) is 11.4 Å². The van der Waals surface area contributed by atoms with E-state index in [-0.39, 0.29) is 17.1 Å². The van der Waals surface area contributed by atoms with Gasteiger partial charge in [-0.05, 0) is 38.1 Å². The van der Waals surface area contributed by atoms with E-state index in [0.29, 0.717) is 10.5 Å². The van der Waals surface area contributed by atoms with Crippen molar-refractivity contribution in [3.05, 3.63) is 29.8 Å². The average Bonchev–Trinajstić information content (AvgIpc) is 2.41. The molecule has 0 aromatic heterocycles. The first kappa shape index (κ1) is 15.8. The van der Waals surface area contributed by atoms with Gasteiger partial charge in [0.15, 0.2) is 5.78 Å². The quantitative estimate of drug-likeness (QED) is 0.775. The molecule has 2 nitrogen and oxygen atoms in total. The van der Waals surface area contributed by atoms with Crippen LogP contribution in [0.3, 0.4) is 0 Å². The molecule has 110 valence electrons. The van der Waals surface area contributed by atoms with Gasteiger partial charge in [0.25, 0.3) is 0 Å². The molecule has 1 aromatic rings. The maximum absolute atomic E-state index is 12.5. The van der Waals surface area contributed by atoms with E-state index in [1.807, 2.05) is 61.6 Å². The number of ether oxygens (including phenoxy) is 1. The van der Waals surface area contributed by atoms with E-state index in [2.05, 4.69) is 13.8 Å². The molecular weight excluding hydrogens is 288 g/mol. The summed E-state index contributed by atoms with van der Waals surface area (Å²) in [6, 6.07) is 7.54. The molecule has 2 rings (SSSR count). The van der Waals surface area contributed by atoms with Gasteiger partial charge < -0.3 is 4.74 Å². The zero-order valence-electron chi connectivity index (χ0n) is 12.5. The van der Waals surface area contributed by atoms with Crippen molar-refractivity contribution in [2.24, 2.45) is 0 Å². The van der Waals surface area contributed by atoms with E-state index in [1.54, 1.807) is 0 Å². The van der Waals surface area contributed by atoms with Gasteiger partial charge in [0.2, 0.25) is 0 Å². The SMILES string of the molecule is CC(C)Oc1ccc(C(=O)C2CSC(C)C(C)S2)cc1. The Morgan fingerprint density at radius 1 is 1.20 bits per heavy atom. The molecule has 1 aliphatic heterocycles. The fourth-order valence-corrected chi connectivity index (χ4v) is 4.96. The fraction of sp³-hybridized carbons (Fsp3) is 0.562. The second-order valence-electron chi connectivity index (χ2n) is 5.42. The topological polar surface area (TPSA) is 26.3 Å². The van der Waals surface area contributed by atoms with Crippen LogP contribution in [0.4, 0.5) is 0 Å². The number of thioether (sulfide) groups is 2. The maximum atomic E-state index is 12.5. The highest BCUT2D eigenvalue weighted by atomic mass is 32.2. The van der Waals surface area contributed by atoms with E-state index in [0.717, 1.165) is 17.1 Å². The largest absolute Gasteiger partial charge is 0.491 e. The highest BCUT2D eigenvalue weighted by Gasteiger charge is 2.30. The van der Waals surface area contributed by atoms with Crippen LogP contribution in [-0.4, -0.2) is 33.4 Å². The number of rotatable bonds is 4. The number of carbonyl (C=O) groups is 1. The molecule has 4 heteroatoms. The normalized spacial score (nSPS) is 26.6. The van der Waals surface area contributed by atoms with Crippen LogP contribution in [0.5, 0.6) is 5.75 Å². The number of carbonyl (C=O) groups excluding carboxylic acids is 1. The fourth-order valence-electron chi connectivity index (χ4n) is 2.08. The lowest BCUT2D eigenvalue weighted by atomic mass is 10.1. The van der Waals surface area contributed by atoms with Crippen molar-refractivity contribution >= 4 is 29.3 Å². The summed E-state index contributed by atoms with van der Waals surface area (Å²) in [5.41, 5.74) is 0.793. The Kier molecular flexibility index (Phi) is 5.44. The predicted octanol–water partition coefficient (Wildman–Crippen LogP) is 4.28. The van der Waals surface area contributed by atoms with Crippen LogP contribution >= 0.6 is 23.5 Å². The number of hydrogen-bond donors (Lipinski definition) is 0. The van der Waals surface area contributed by atoms with Crippen molar-refractivity contribution in [2.45, 2.75) is 49.5 Å². The number of hydrogen-bond acceptors (Lipinski definition) is 4. The van der Waals surface area contributed by atoms with Gasteiger partial charge in [-0.3, -0.25) is 4.79 Å². The lowest BCUT2D eigenvalue weighted by molar-refractivity contribution is 0.0994. The second-order valence-corrected chi connectivity index (χ2v) is 8.42. The highest BCUT2D eigenvalue weighted by Crippen LogP contribution is 2.37. The Labute approximate surface area is 130 Å². The first-order valence-electron chi connectivity index (χ1n) is 7.05. The summed E-state index contributed by atoms with van der Waals surface area (Å²) in [5, 5.41) is 1.25. The van der Waals surface area contributed by atoms with Crippen molar-refractivity contribution in [3.8, 4) is 5.75 Å². The van der Waals surface area contributed by atoms with E-state index < -0.39 is 0 Å². The van der Waals surface area contributed by atoms with Crippen molar-refractivity contribution in [3.63, 3.8) is 0 Å². The molecule has 0 spiro atoms. The van der Waals surface area contributed by atoms with E-state index in [9.17, 15) is 4.79 Å². The van der Waals surface area contributed by atoms with Crippen molar-refractivity contribution < 1.29 is 9.53 Å². The van der Waals surface area contributed by atoms with Crippen LogP contribution in [0.15, 0.2) is 24.3 Å². The molecule has 20 heavy (non-hydrogen) atoms. The molecule has 0 radical (unpaired) electrons. The van der Waals surface area contributed by atoms with Crippen LogP contribution in [0.25, 0.3) is 0 Å². The molecule has 1 fully saturated rings. The third-order valence-corrected chi connectivity index (χ3v) is 6.74. The van der Waals surface area contributed by atoms with Crippen LogP contribution in [0.2, 0.25) is 0 Å². The van der Waals surface area contributed by atoms with Gasteiger partial charge in [-0.25, -0.2) is 0 Å². The summed E-state index contributed by atoms with van der Waals surface area (Å²) in [5.74, 6) is 1.99. The number of ketones is 1. The Hall–Kier alpha value is -0.610. The van der Waals surface area contributed by atoms with Gasteiger partial charge in [0, 0.05) is 21.8 Å². The minimum atomic E-state index is 0.0862. The zero-order chi connectivity index (χ0) is 14.7. The molecule has 1 aromatic carbocycles. The first-order chi connectivity index (χ1) is 9.47. The van der Waals surface area contributed by atoms with E-state index >= 15 is 0 Å². The summed E-state index contributed by atoms with van der Waals surface area (Å²) in [6.07, 6.45) is 0.157. The zero-order valence-corrected chi connectivity index (χ0v) is 14.1. The Bertz CT molecular complexity index is 456. The van der Waals surface area contributed by atoms with Crippen LogP contribution < -0.4 is 4.74 Å². The molecule has 3 unspecified atom stereocenters. The summed E-state index contributed by atoms with van der Waals surface area (Å²) in [4.78, 5) is 12.5. The van der Waals surface area contributed by atoms with Crippen molar-refractivity contribution in [1.29, 1.82) is 0 Å². The molecule has 0 bridgehead atoms. The monoisotopic (exact) mass is 310 g/mol. The van der Waals surface area contributed by atoms with Gasteiger partial charge in [-0.15, -0.1) is 11.8 Å². The molecule has 0 amide bonds. The average molecular weight is 310 g/mol. The molecular formula is C16H22O2S2. The molecule has 3 atom stereocenters. The first-order valence-corrected chi connectivity index (χ1v) is 9.04. The lowest BCUT2D eigenvalue weighted by Crippen LogP contribution is -2.31. The van der Waals surface area contributed by atoms with E-state index in [4.69, 9.17) is 4.74 Å². The Balaban J connectivity index is 2.02. The maximum Gasteiger partial charge on any atom is 0.176 e. The van der Waals surface area contributed by atoms with Gasteiger partial charge in [-0.2, -0.15) is 11.8 Å². The molecule has 1 saturated heterocycles. The van der Waals surface area contributed by atoms with E-state index in [1.165, 1.54) is 0 Å². The third-order valence-electron chi connectivity index (χ3n) is 3.35. The standard InChI is InChI=1S/C16H22O2S2/c1-10(2)18-14-7-5-13(6-8-14)16(17)15-9-19-11(3)12(4)20-15/h5-8,10-12,15H,9H2,1-4H3. The van der Waals surface area contributed by atoms with Crippen molar-refractivity contribution in [2.75, 3.05) is 5.75 Å². The molecule has 0 saturated carbocycles. The van der Waals surface area contributed by atoms with Crippen LogP contribution in [0, 0.1) is 0 Å². The predicted molar refractivity (Wildman–Crippen MR) is 89.3 cm³/mol. The van der Waals surface area contributed by atoms with Crippen molar-refractivity contribution in [1.82, 2.24) is 0 Å². The number of Topliss-reactive ketones (excluding diaryl/α,β-unsaturated/α-hetero) is 1. The highest BCUT2D eigenvalue weighted by molar-refractivity contribution is 8.08.